The first-order valence-electron chi connectivity index (χ1n) is 5.85. The molecule has 0 radical (unpaired) electrons. The third-order valence-electron chi connectivity index (χ3n) is 3.00. The van der Waals surface area contributed by atoms with Crippen molar-refractivity contribution in [2.24, 2.45) is 5.92 Å². The van der Waals surface area contributed by atoms with Gasteiger partial charge in [0, 0.05) is 11.0 Å². The molecule has 0 bridgehead atoms. The number of nitrogens with one attached hydrogen (secondary N) is 1. The molecule has 1 aliphatic carbocycles. The Morgan fingerprint density at radius 3 is 2.47 bits per heavy atom. The molecule has 4 heteroatoms. The Bertz CT molecular complexity index is 391. The number of methoxy groups -OCH3 is 2. The maximum atomic E-state index is 5.30. The lowest BCUT2D eigenvalue weighted by molar-refractivity contribution is 0.354. The first-order chi connectivity index (χ1) is 8.24. The molecular formula is C13H18BrNO2. The first-order valence-corrected chi connectivity index (χ1v) is 6.65. The summed E-state index contributed by atoms with van der Waals surface area (Å²) in [5.41, 5.74) is 1.20. The molecule has 0 aliphatic heterocycles. The van der Waals surface area contributed by atoms with Gasteiger partial charge in [0.15, 0.2) is 11.5 Å². The predicted octanol–water partition coefficient (Wildman–Crippen LogP) is 2.97. The van der Waals surface area contributed by atoms with Gasteiger partial charge in [-0.3, -0.25) is 0 Å². The number of rotatable bonds is 6. The van der Waals surface area contributed by atoms with E-state index in [1.165, 1.54) is 18.4 Å². The zero-order valence-corrected chi connectivity index (χ0v) is 11.8. The Balaban J connectivity index is 2.03. The molecule has 0 heterocycles. The van der Waals surface area contributed by atoms with Crippen LogP contribution in [0.15, 0.2) is 16.6 Å². The number of benzene rings is 1. The van der Waals surface area contributed by atoms with Crippen molar-refractivity contribution in [3.63, 3.8) is 0 Å². The minimum Gasteiger partial charge on any atom is -0.493 e. The Hall–Kier alpha value is -0.740. The minimum absolute atomic E-state index is 0.755. The normalized spacial score (nSPS) is 14.8. The Morgan fingerprint density at radius 1 is 1.24 bits per heavy atom. The van der Waals surface area contributed by atoms with Crippen molar-refractivity contribution in [3.8, 4) is 11.5 Å². The number of ether oxygens (including phenoxy) is 2. The number of hydrogen-bond donors (Lipinski definition) is 1. The molecule has 1 fully saturated rings. The van der Waals surface area contributed by atoms with Crippen LogP contribution in [-0.2, 0) is 6.54 Å². The Kier molecular flexibility index (Phi) is 4.29. The lowest BCUT2D eigenvalue weighted by Crippen LogP contribution is -2.16. The van der Waals surface area contributed by atoms with Gasteiger partial charge in [-0.1, -0.05) is 15.9 Å². The van der Waals surface area contributed by atoms with E-state index in [0.717, 1.165) is 35.0 Å². The lowest BCUT2D eigenvalue weighted by Gasteiger charge is -2.12. The van der Waals surface area contributed by atoms with E-state index in [-0.39, 0.29) is 0 Å². The van der Waals surface area contributed by atoms with Crippen molar-refractivity contribution >= 4 is 15.9 Å². The zero-order valence-electron chi connectivity index (χ0n) is 10.3. The van der Waals surface area contributed by atoms with E-state index in [2.05, 4.69) is 21.2 Å². The van der Waals surface area contributed by atoms with Gasteiger partial charge in [-0.15, -0.1) is 0 Å². The van der Waals surface area contributed by atoms with Gasteiger partial charge in [0.25, 0.3) is 0 Å². The second-order valence-electron chi connectivity index (χ2n) is 4.37. The fourth-order valence-corrected chi connectivity index (χ4v) is 2.23. The molecule has 0 aromatic heterocycles. The fourth-order valence-electron chi connectivity index (χ4n) is 1.76. The Labute approximate surface area is 111 Å². The SMILES string of the molecule is COc1cc(Br)c(CNCC2CC2)cc1OC. The average molecular weight is 300 g/mol. The highest BCUT2D eigenvalue weighted by molar-refractivity contribution is 9.10. The summed E-state index contributed by atoms with van der Waals surface area (Å²) >= 11 is 3.56. The van der Waals surface area contributed by atoms with Crippen LogP contribution in [0, 0.1) is 5.92 Å². The maximum Gasteiger partial charge on any atom is 0.161 e. The second kappa shape index (κ2) is 5.74. The van der Waals surface area contributed by atoms with Gasteiger partial charge in [-0.25, -0.2) is 0 Å². The highest BCUT2D eigenvalue weighted by Gasteiger charge is 2.20. The molecule has 1 saturated carbocycles. The summed E-state index contributed by atoms with van der Waals surface area (Å²) < 4.78 is 11.6. The summed E-state index contributed by atoms with van der Waals surface area (Å²) in [6.07, 6.45) is 2.75. The molecule has 3 nitrogen and oxygen atoms in total. The molecule has 0 spiro atoms. The molecule has 0 amide bonds. The quantitative estimate of drug-likeness (QED) is 0.876. The molecule has 0 saturated heterocycles. The largest absolute Gasteiger partial charge is 0.493 e. The van der Waals surface area contributed by atoms with E-state index in [9.17, 15) is 0 Å². The molecule has 1 N–H and O–H groups in total. The molecule has 1 aliphatic rings. The third kappa shape index (κ3) is 3.36. The second-order valence-corrected chi connectivity index (χ2v) is 5.23. The van der Waals surface area contributed by atoms with E-state index in [1.54, 1.807) is 14.2 Å². The number of halogens is 1. The van der Waals surface area contributed by atoms with Gasteiger partial charge in [0.05, 0.1) is 14.2 Å². The van der Waals surface area contributed by atoms with Crippen LogP contribution in [-0.4, -0.2) is 20.8 Å². The van der Waals surface area contributed by atoms with Crippen molar-refractivity contribution in [2.45, 2.75) is 19.4 Å². The van der Waals surface area contributed by atoms with Crippen LogP contribution in [0.3, 0.4) is 0 Å². The van der Waals surface area contributed by atoms with Crippen molar-refractivity contribution < 1.29 is 9.47 Å². The highest BCUT2D eigenvalue weighted by Crippen LogP contribution is 2.33. The van der Waals surface area contributed by atoms with Gasteiger partial charge in [0.2, 0.25) is 0 Å². The fraction of sp³-hybridized carbons (Fsp3) is 0.538. The van der Waals surface area contributed by atoms with Gasteiger partial charge in [-0.2, -0.15) is 0 Å². The summed E-state index contributed by atoms with van der Waals surface area (Å²) in [7, 11) is 3.31. The summed E-state index contributed by atoms with van der Waals surface area (Å²) in [5.74, 6) is 2.43. The van der Waals surface area contributed by atoms with Crippen molar-refractivity contribution in [2.75, 3.05) is 20.8 Å². The number of hydrogen-bond acceptors (Lipinski definition) is 3. The smallest absolute Gasteiger partial charge is 0.161 e. The Morgan fingerprint density at radius 2 is 1.88 bits per heavy atom. The van der Waals surface area contributed by atoms with E-state index in [0.29, 0.717) is 0 Å². The molecular weight excluding hydrogens is 282 g/mol. The van der Waals surface area contributed by atoms with Gasteiger partial charge in [-0.05, 0) is 43.0 Å². The van der Waals surface area contributed by atoms with E-state index >= 15 is 0 Å². The van der Waals surface area contributed by atoms with E-state index in [4.69, 9.17) is 9.47 Å². The minimum atomic E-state index is 0.755. The molecule has 2 rings (SSSR count). The lowest BCUT2D eigenvalue weighted by atomic mass is 10.2. The van der Waals surface area contributed by atoms with Crippen molar-refractivity contribution in [1.82, 2.24) is 5.32 Å². The van der Waals surface area contributed by atoms with Crippen LogP contribution in [0.2, 0.25) is 0 Å². The van der Waals surface area contributed by atoms with Crippen LogP contribution >= 0.6 is 15.9 Å². The molecule has 1 aromatic carbocycles. The average Bonchev–Trinajstić information content (AvgIpc) is 3.14. The summed E-state index contributed by atoms with van der Waals surface area (Å²) in [5, 5.41) is 3.47. The summed E-state index contributed by atoms with van der Waals surface area (Å²) in [4.78, 5) is 0. The molecule has 94 valence electrons. The molecule has 17 heavy (non-hydrogen) atoms. The van der Waals surface area contributed by atoms with Gasteiger partial charge < -0.3 is 14.8 Å². The van der Waals surface area contributed by atoms with E-state index in [1.807, 2.05) is 12.1 Å². The zero-order chi connectivity index (χ0) is 12.3. The van der Waals surface area contributed by atoms with Crippen LogP contribution in [0.1, 0.15) is 18.4 Å². The van der Waals surface area contributed by atoms with E-state index < -0.39 is 0 Å². The topological polar surface area (TPSA) is 30.5 Å². The van der Waals surface area contributed by atoms with Crippen LogP contribution in [0.5, 0.6) is 11.5 Å². The molecule has 1 aromatic rings. The standard InChI is InChI=1S/C13H18BrNO2/c1-16-12-5-10(8-15-7-9-3-4-9)11(14)6-13(12)17-2/h5-6,9,15H,3-4,7-8H2,1-2H3. The summed E-state index contributed by atoms with van der Waals surface area (Å²) in [6.45, 7) is 1.97. The van der Waals surface area contributed by atoms with Crippen LogP contribution in [0.25, 0.3) is 0 Å². The maximum absolute atomic E-state index is 5.30. The van der Waals surface area contributed by atoms with Crippen LogP contribution < -0.4 is 14.8 Å². The van der Waals surface area contributed by atoms with Crippen molar-refractivity contribution in [3.05, 3.63) is 22.2 Å². The van der Waals surface area contributed by atoms with Gasteiger partial charge >= 0.3 is 0 Å². The molecule has 0 unspecified atom stereocenters. The third-order valence-corrected chi connectivity index (χ3v) is 3.74. The first kappa shape index (κ1) is 12.7. The predicted molar refractivity (Wildman–Crippen MR) is 71.7 cm³/mol. The molecule has 0 atom stereocenters. The highest BCUT2D eigenvalue weighted by atomic mass is 79.9. The van der Waals surface area contributed by atoms with Gasteiger partial charge in [0.1, 0.15) is 0 Å². The monoisotopic (exact) mass is 299 g/mol. The van der Waals surface area contributed by atoms with Crippen molar-refractivity contribution in [1.29, 1.82) is 0 Å². The summed E-state index contributed by atoms with van der Waals surface area (Å²) in [6, 6.07) is 3.97. The van der Waals surface area contributed by atoms with Crippen LogP contribution in [0.4, 0.5) is 0 Å².